The second-order valence-corrected chi connectivity index (χ2v) is 8.75. The summed E-state index contributed by atoms with van der Waals surface area (Å²) in [6.07, 6.45) is 0.202. The summed E-state index contributed by atoms with van der Waals surface area (Å²) in [6, 6.07) is 4.70. The van der Waals surface area contributed by atoms with Crippen LogP contribution in [0.4, 0.5) is 0 Å². The van der Waals surface area contributed by atoms with Gasteiger partial charge in [-0.1, -0.05) is 6.07 Å². The molecule has 2 aliphatic heterocycles. The maximum Gasteiger partial charge on any atom is 0.330 e. The minimum absolute atomic E-state index is 0.0370. The molecular formula is C20H26N2O6S. The highest BCUT2D eigenvalue weighted by Gasteiger charge is 2.53. The Hall–Kier alpha value is -2.42. The van der Waals surface area contributed by atoms with E-state index < -0.39 is 24.0 Å². The second-order valence-electron chi connectivity index (χ2n) is 7.25. The van der Waals surface area contributed by atoms with Gasteiger partial charge in [0.05, 0.1) is 19.1 Å². The van der Waals surface area contributed by atoms with Gasteiger partial charge in [0.2, 0.25) is 5.91 Å². The molecule has 0 bridgehead atoms. The van der Waals surface area contributed by atoms with E-state index in [1.165, 1.54) is 6.92 Å². The number of amides is 2. The van der Waals surface area contributed by atoms with Gasteiger partial charge >= 0.3 is 5.97 Å². The number of hydrogen-bond donors (Lipinski definition) is 1. The lowest BCUT2D eigenvalue weighted by atomic mass is 10.2. The summed E-state index contributed by atoms with van der Waals surface area (Å²) in [5.74, 6) is 0.671. The normalized spacial score (nSPS) is 24.1. The quantitative estimate of drug-likeness (QED) is 0.669. The van der Waals surface area contributed by atoms with Crippen LogP contribution in [-0.4, -0.2) is 59.7 Å². The fourth-order valence-corrected chi connectivity index (χ4v) is 5.04. The number of nitrogens with one attached hydrogen (secondary N) is 1. The minimum Gasteiger partial charge on any atom is -0.493 e. The molecule has 1 aromatic rings. The van der Waals surface area contributed by atoms with E-state index >= 15 is 0 Å². The summed E-state index contributed by atoms with van der Waals surface area (Å²) in [5, 5.41) is 2.75. The Kier molecular flexibility index (Phi) is 6.26. The van der Waals surface area contributed by atoms with Crippen LogP contribution in [0.2, 0.25) is 0 Å². The molecule has 2 fully saturated rings. The third kappa shape index (κ3) is 4.29. The van der Waals surface area contributed by atoms with E-state index in [2.05, 4.69) is 5.32 Å². The van der Waals surface area contributed by atoms with Crippen LogP contribution in [0.15, 0.2) is 18.2 Å². The number of rotatable bonds is 7. The minimum atomic E-state index is -0.961. The SMILES string of the molecule is COc1ccc(CNC(=O)[C@H](C)OC(=O)[C@@H]2CS[C@@]3(C)CCC(=O)N23)cc1OC. The average Bonchev–Trinajstić information content (AvgIpc) is 3.21. The van der Waals surface area contributed by atoms with Gasteiger partial charge in [-0.25, -0.2) is 4.79 Å². The molecule has 2 amide bonds. The van der Waals surface area contributed by atoms with Crippen molar-refractivity contribution >= 4 is 29.5 Å². The zero-order valence-electron chi connectivity index (χ0n) is 17.0. The fraction of sp³-hybridized carbons (Fsp3) is 0.550. The van der Waals surface area contributed by atoms with Gasteiger partial charge in [0.25, 0.3) is 5.91 Å². The first kappa shape index (κ1) is 21.3. The fourth-order valence-electron chi connectivity index (χ4n) is 3.62. The number of carbonyl (C=O) groups excluding carboxylic acids is 3. The van der Waals surface area contributed by atoms with Crippen LogP contribution < -0.4 is 14.8 Å². The third-order valence-corrected chi connectivity index (χ3v) is 6.80. The molecule has 0 unspecified atom stereocenters. The van der Waals surface area contributed by atoms with Crippen LogP contribution in [0.25, 0.3) is 0 Å². The van der Waals surface area contributed by atoms with Crippen molar-refractivity contribution in [3.8, 4) is 11.5 Å². The first-order chi connectivity index (χ1) is 13.8. The average molecular weight is 423 g/mol. The molecule has 2 heterocycles. The molecule has 0 radical (unpaired) electrons. The van der Waals surface area contributed by atoms with Gasteiger partial charge in [0.1, 0.15) is 6.04 Å². The standard InChI is InChI=1S/C20H26N2O6S/c1-12(18(24)21-10-13-5-6-15(26-3)16(9-13)27-4)28-19(25)14-11-29-20(2)8-7-17(23)22(14)20/h5-6,9,12,14H,7-8,10-11H2,1-4H3,(H,21,24)/t12-,14-,20-/m0/s1. The van der Waals surface area contributed by atoms with Crippen molar-refractivity contribution in [2.45, 2.75) is 50.3 Å². The lowest BCUT2D eigenvalue weighted by molar-refractivity contribution is -0.161. The highest BCUT2D eigenvalue weighted by Crippen LogP contribution is 2.47. The predicted molar refractivity (Wildman–Crippen MR) is 108 cm³/mol. The largest absolute Gasteiger partial charge is 0.493 e. The summed E-state index contributed by atoms with van der Waals surface area (Å²) in [6.45, 7) is 3.74. The zero-order chi connectivity index (χ0) is 21.2. The second kappa shape index (κ2) is 8.52. The highest BCUT2D eigenvalue weighted by atomic mass is 32.2. The molecular weight excluding hydrogens is 396 g/mol. The van der Waals surface area contributed by atoms with Crippen LogP contribution in [0.3, 0.4) is 0 Å². The first-order valence-corrected chi connectivity index (χ1v) is 10.4. The van der Waals surface area contributed by atoms with Crippen molar-refractivity contribution < 1.29 is 28.6 Å². The number of fused-ring (bicyclic) bond motifs is 1. The summed E-state index contributed by atoms with van der Waals surface area (Å²) >= 11 is 1.59. The lowest BCUT2D eigenvalue weighted by Crippen LogP contribution is -2.48. The number of thioether (sulfide) groups is 1. The molecule has 2 saturated heterocycles. The van der Waals surface area contributed by atoms with Gasteiger partial charge in [-0.15, -0.1) is 11.8 Å². The van der Waals surface area contributed by atoms with E-state index in [4.69, 9.17) is 14.2 Å². The Bertz CT molecular complexity index is 816. The molecule has 1 N–H and O–H groups in total. The van der Waals surface area contributed by atoms with Crippen molar-refractivity contribution in [2.24, 2.45) is 0 Å². The molecule has 0 aromatic heterocycles. The Morgan fingerprint density at radius 1 is 1.31 bits per heavy atom. The Morgan fingerprint density at radius 2 is 2.03 bits per heavy atom. The Labute approximate surface area is 174 Å². The van der Waals surface area contributed by atoms with Crippen LogP contribution >= 0.6 is 11.8 Å². The van der Waals surface area contributed by atoms with Gasteiger partial charge in [-0.05, 0) is 38.0 Å². The predicted octanol–water partition coefficient (Wildman–Crippen LogP) is 1.71. The van der Waals surface area contributed by atoms with Crippen molar-refractivity contribution in [3.05, 3.63) is 23.8 Å². The number of methoxy groups -OCH3 is 2. The maximum absolute atomic E-state index is 12.6. The number of esters is 1. The number of ether oxygens (including phenoxy) is 3. The summed E-state index contributed by atoms with van der Waals surface area (Å²) in [4.78, 5) is 38.4. The van der Waals surface area contributed by atoms with E-state index in [1.807, 2.05) is 13.0 Å². The molecule has 0 aliphatic carbocycles. The molecule has 0 saturated carbocycles. The smallest absolute Gasteiger partial charge is 0.330 e. The molecule has 1 aromatic carbocycles. The van der Waals surface area contributed by atoms with Crippen molar-refractivity contribution in [3.63, 3.8) is 0 Å². The van der Waals surface area contributed by atoms with Crippen LogP contribution in [0.1, 0.15) is 32.3 Å². The Morgan fingerprint density at radius 3 is 2.72 bits per heavy atom. The number of nitrogens with zero attached hydrogens (tertiary/aromatic N) is 1. The number of carbonyl (C=O) groups is 3. The van der Waals surface area contributed by atoms with Crippen LogP contribution in [0, 0.1) is 0 Å². The molecule has 2 aliphatic rings. The number of benzene rings is 1. The van der Waals surface area contributed by atoms with E-state index in [9.17, 15) is 14.4 Å². The van der Waals surface area contributed by atoms with E-state index in [-0.39, 0.29) is 17.3 Å². The van der Waals surface area contributed by atoms with Crippen LogP contribution in [-0.2, 0) is 25.7 Å². The van der Waals surface area contributed by atoms with Crippen molar-refractivity contribution in [1.82, 2.24) is 10.2 Å². The first-order valence-electron chi connectivity index (χ1n) is 9.44. The van der Waals surface area contributed by atoms with Gasteiger partial charge in [0, 0.05) is 18.7 Å². The zero-order valence-corrected chi connectivity index (χ0v) is 17.8. The number of hydrogen-bond acceptors (Lipinski definition) is 7. The van der Waals surface area contributed by atoms with Crippen molar-refractivity contribution in [2.75, 3.05) is 20.0 Å². The van der Waals surface area contributed by atoms with Gasteiger partial charge < -0.3 is 24.4 Å². The van der Waals surface area contributed by atoms with Crippen LogP contribution in [0.5, 0.6) is 11.5 Å². The maximum atomic E-state index is 12.6. The molecule has 8 nitrogen and oxygen atoms in total. The van der Waals surface area contributed by atoms with E-state index in [0.717, 1.165) is 12.0 Å². The topological polar surface area (TPSA) is 94.2 Å². The molecule has 0 spiro atoms. The monoisotopic (exact) mass is 422 g/mol. The molecule has 29 heavy (non-hydrogen) atoms. The van der Waals surface area contributed by atoms with Gasteiger partial charge in [-0.2, -0.15) is 0 Å². The Balaban J connectivity index is 1.54. The van der Waals surface area contributed by atoms with Gasteiger partial charge in [0.15, 0.2) is 17.6 Å². The summed E-state index contributed by atoms with van der Waals surface area (Å²) < 4.78 is 15.8. The van der Waals surface area contributed by atoms with E-state index in [1.54, 1.807) is 43.0 Å². The molecule has 9 heteroatoms. The molecule has 3 atom stereocenters. The lowest BCUT2D eigenvalue weighted by Gasteiger charge is -2.29. The highest BCUT2D eigenvalue weighted by molar-refractivity contribution is 8.01. The van der Waals surface area contributed by atoms with Gasteiger partial charge in [-0.3, -0.25) is 9.59 Å². The molecule has 158 valence electrons. The summed E-state index contributed by atoms with van der Waals surface area (Å²) in [5.41, 5.74) is 0.820. The van der Waals surface area contributed by atoms with E-state index in [0.29, 0.717) is 23.7 Å². The molecule has 3 rings (SSSR count). The third-order valence-electron chi connectivity index (χ3n) is 5.29. The summed E-state index contributed by atoms with van der Waals surface area (Å²) in [7, 11) is 3.09. The van der Waals surface area contributed by atoms with Crippen molar-refractivity contribution in [1.29, 1.82) is 0 Å².